The third kappa shape index (κ3) is 4.03. The molecule has 1 N–H and O–H groups in total. The number of nitrogens with one attached hydrogen (secondary N) is 1. The highest BCUT2D eigenvalue weighted by Gasteiger charge is 2.52. The van der Waals surface area contributed by atoms with E-state index in [1.807, 2.05) is 0 Å². The lowest BCUT2D eigenvalue weighted by Gasteiger charge is -2.34. The number of halogens is 3. The molecule has 0 atom stereocenters. The van der Waals surface area contributed by atoms with Gasteiger partial charge in [-0.15, -0.1) is 0 Å². The Morgan fingerprint density at radius 1 is 1.22 bits per heavy atom. The highest BCUT2D eigenvalue weighted by molar-refractivity contribution is 6.40. The molecule has 1 aliphatic carbocycles. The minimum Gasteiger partial charge on any atom is -0.422 e. The fourth-order valence-electron chi connectivity index (χ4n) is 3.64. The predicted molar refractivity (Wildman–Crippen MR) is 102 cm³/mol. The number of urea groups is 1. The van der Waals surface area contributed by atoms with Gasteiger partial charge in [0.05, 0.1) is 10.0 Å². The van der Waals surface area contributed by atoms with Crippen molar-refractivity contribution in [2.75, 3.05) is 6.54 Å². The number of esters is 1. The molecule has 3 rings (SSSR count). The Balaban J connectivity index is 1.68. The number of nitrogens with zero attached hydrogens (tertiary/aromatic N) is 1. The highest BCUT2D eigenvalue weighted by atomic mass is 35.5. The van der Waals surface area contributed by atoms with E-state index in [1.54, 1.807) is 0 Å². The Morgan fingerprint density at radius 3 is 2.37 bits per heavy atom. The zero-order valence-electron chi connectivity index (χ0n) is 14.7. The maximum absolute atomic E-state index is 12.8. The standard InChI is InChI=1S/C18H19Cl3N2O4/c1-2-10-3-5-18(6-4-10)16(25)23(17(26)22-18)9-14(24)27-15-12(20)7-11(19)8-13(15)21/h7-8,10H,2-6,9H2,1H3,(H,22,26). The Hall–Kier alpha value is -1.50. The molecule has 0 unspecified atom stereocenters. The van der Waals surface area contributed by atoms with Crippen LogP contribution in [0.15, 0.2) is 12.1 Å². The van der Waals surface area contributed by atoms with Gasteiger partial charge in [-0.1, -0.05) is 48.1 Å². The minimum absolute atomic E-state index is 0.0574. The van der Waals surface area contributed by atoms with Crippen molar-refractivity contribution in [3.8, 4) is 5.75 Å². The summed E-state index contributed by atoms with van der Waals surface area (Å²) >= 11 is 17.8. The number of carbonyl (C=O) groups excluding carboxylic acids is 3. The molecule has 1 heterocycles. The van der Waals surface area contributed by atoms with Crippen LogP contribution >= 0.6 is 34.8 Å². The molecule has 0 bridgehead atoms. The molecular weight excluding hydrogens is 415 g/mol. The lowest BCUT2D eigenvalue weighted by molar-refractivity contribution is -0.141. The van der Waals surface area contributed by atoms with Gasteiger partial charge in [0.2, 0.25) is 0 Å². The van der Waals surface area contributed by atoms with E-state index in [0.29, 0.717) is 23.8 Å². The molecule has 27 heavy (non-hydrogen) atoms. The molecule has 1 aromatic rings. The number of imide groups is 1. The maximum atomic E-state index is 12.8. The Bertz CT molecular complexity index is 768. The molecule has 1 saturated heterocycles. The molecule has 9 heteroatoms. The Kier molecular flexibility index (Phi) is 5.89. The van der Waals surface area contributed by atoms with Crippen LogP contribution in [0.4, 0.5) is 4.79 Å². The van der Waals surface area contributed by atoms with Crippen molar-refractivity contribution in [3.05, 3.63) is 27.2 Å². The van der Waals surface area contributed by atoms with Crippen molar-refractivity contribution in [2.45, 2.75) is 44.6 Å². The summed E-state index contributed by atoms with van der Waals surface area (Å²) in [6.07, 6.45) is 3.96. The number of carbonyl (C=O) groups is 3. The molecule has 2 fully saturated rings. The second-order valence-electron chi connectivity index (χ2n) is 6.93. The Morgan fingerprint density at radius 2 is 1.81 bits per heavy atom. The topological polar surface area (TPSA) is 75.7 Å². The van der Waals surface area contributed by atoms with Gasteiger partial charge in [-0.2, -0.15) is 0 Å². The molecule has 3 amide bonds. The summed E-state index contributed by atoms with van der Waals surface area (Å²) in [5.41, 5.74) is -0.904. The van der Waals surface area contributed by atoms with Gasteiger partial charge in [0.1, 0.15) is 12.1 Å². The average Bonchev–Trinajstić information content (AvgIpc) is 2.83. The first-order valence-electron chi connectivity index (χ1n) is 8.75. The van der Waals surface area contributed by atoms with Crippen LogP contribution in [0.25, 0.3) is 0 Å². The van der Waals surface area contributed by atoms with E-state index in [0.717, 1.165) is 24.2 Å². The molecule has 2 aliphatic rings. The van der Waals surface area contributed by atoms with Crippen LogP contribution in [0.1, 0.15) is 39.0 Å². The van der Waals surface area contributed by atoms with E-state index >= 15 is 0 Å². The second-order valence-corrected chi connectivity index (χ2v) is 8.18. The summed E-state index contributed by atoms with van der Waals surface area (Å²) < 4.78 is 5.16. The van der Waals surface area contributed by atoms with Crippen LogP contribution in [-0.2, 0) is 9.59 Å². The number of ether oxygens (including phenoxy) is 1. The van der Waals surface area contributed by atoms with Gasteiger partial charge in [0.25, 0.3) is 5.91 Å². The van der Waals surface area contributed by atoms with Crippen molar-refractivity contribution in [3.63, 3.8) is 0 Å². The predicted octanol–water partition coefficient (Wildman–Crippen LogP) is 4.44. The highest BCUT2D eigenvalue weighted by Crippen LogP contribution is 2.38. The summed E-state index contributed by atoms with van der Waals surface area (Å²) in [5.74, 6) is -0.692. The van der Waals surface area contributed by atoms with Crippen LogP contribution in [0, 0.1) is 5.92 Å². The van der Waals surface area contributed by atoms with Crippen LogP contribution in [0.3, 0.4) is 0 Å². The normalized spacial score (nSPS) is 25.0. The molecule has 0 radical (unpaired) electrons. The zero-order valence-corrected chi connectivity index (χ0v) is 17.0. The van der Waals surface area contributed by atoms with Crippen LogP contribution < -0.4 is 10.1 Å². The molecule has 0 aromatic heterocycles. The summed E-state index contributed by atoms with van der Waals surface area (Å²) in [6, 6.07) is 2.18. The van der Waals surface area contributed by atoms with E-state index in [-0.39, 0.29) is 21.7 Å². The fourth-order valence-corrected chi connectivity index (χ4v) is 4.53. The van der Waals surface area contributed by atoms with Gasteiger partial charge in [-0.3, -0.25) is 9.69 Å². The van der Waals surface area contributed by atoms with Gasteiger partial charge in [0.15, 0.2) is 5.75 Å². The lowest BCUT2D eigenvalue weighted by atomic mass is 9.75. The van der Waals surface area contributed by atoms with Crippen molar-refractivity contribution in [1.82, 2.24) is 10.2 Å². The van der Waals surface area contributed by atoms with Crippen LogP contribution in [-0.4, -0.2) is 34.9 Å². The van der Waals surface area contributed by atoms with E-state index in [2.05, 4.69) is 12.2 Å². The number of hydrogen-bond donors (Lipinski definition) is 1. The SMILES string of the molecule is CCC1CCC2(CC1)NC(=O)N(CC(=O)Oc1c(Cl)cc(Cl)cc1Cl)C2=O. The molecule has 1 aromatic carbocycles. The largest absolute Gasteiger partial charge is 0.422 e. The van der Waals surface area contributed by atoms with Gasteiger partial charge in [-0.05, 0) is 43.7 Å². The molecule has 1 aliphatic heterocycles. The van der Waals surface area contributed by atoms with Crippen molar-refractivity contribution in [2.24, 2.45) is 5.92 Å². The van der Waals surface area contributed by atoms with Crippen molar-refractivity contribution in [1.29, 1.82) is 0 Å². The maximum Gasteiger partial charge on any atom is 0.331 e. The second kappa shape index (κ2) is 7.86. The first-order chi connectivity index (χ1) is 12.8. The third-order valence-corrected chi connectivity index (χ3v) is 6.03. The van der Waals surface area contributed by atoms with E-state index in [1.165, 1.54) is 12.1 Å². The summed E-state index contributed by atoms with van der Waals surface area (Å²) in [4.78, 5) is 38.3. The molecule has 146 valence electrons. The van der Waals surface area contributed by atoms with Crippen LogP contribution in [0.2, 0.25) is 15.1 Å². The average molecular weight is 434 g/mol. The van der Waals surface area contributed by atoms with Crippen LogP contribution in [0.5, 0.6) is 5.75 Å². The molecule has 1 saturated carbocycles. The Labute approximate surface area is 172 Å². The van der Waals surface area contributed by atoms with E-state index < -0.39 is 24.1 Å². The minimum atomic E-state index is -0.904. The van der Waals surface area contributed by atoms with Crippen molar-refractivity contribution < 1.29 is 19.1 Å². The van der Waals surface area contributed by atoms with Gasteiger partial charge < -0.3 is 10.1 Å². The number of amides is 3. The summed E-state index contributed by atoms with van der Waals surface area (Å²) in [6.45, 7) is 1.60. The fraction of sp³-hybridized carbons (Fsp3) is 0.500. The van der Waals surface area contributed by atoms with Gasteiger partial charge >= 0.3 is 12.0 Å². The quantitative estimate of drug-likeness (QED) is 0.432. The lowest BCUT2D eigenvalue weighted by Crippen LogP contribution is -2.49. The third-order valence-electron chi connectivity index (χ3n) is 5.25. The first-order valence-corrected chi connectivity index (χ1v) is 9.88. The zero-order chi connectivity index (χ0) is 19.8. The van der Waals surface area contributed by atoms with Crippen molar-refractivity contribution >= 4 is 52.7 Å². The summed E-state index contributed by atoms with van der Waals surface area (Å²) in [7, 11) is 0. The summed E-state index contributed by atoms with van der Waals surface area (Å²) in [5, 5.41) is 3.19. The molecule has 1 spiro atoms. The number of benzene rings is 1. The van der Waals surface area contributed by atoms with E-state index in [9.17, 15) is 14.4 Å². The monoisotopic (exact) mass is 432 g/mol. The van der Waals surface area contributed by atoms with Gasteiger partial charge in [0, 0.05) is 5.02 Å². The number of rotatable bonds is 4. The smallest absolute Gasteiger partial charge is 0.331 e. The molecule has 6 nitrogen and oxygen atoms in total. The number of hydrogen-bond acceptors (Lipinski definition) is 4. The van der Waals surface area contributed by atoms with Gasteiger partial charge in [-0.25, -0.2) is 9.59 Å². The molecular formula is C18H19Cl3N2O4. The first kappa shape index (κ1) is 20.2. The van der Waals surface area contributed by atoms with E-state index in [4.69, 9.17) is 39.5 Å².